The first-order valence-corrected chi connectivity index (χ1v) is 9.02. The minimum absolute atomic E-state index is 0.00340. The van der Waals surface area contributed by atoms with E-state index in [4.69, 9.17) is 0 Å². The monoisotopic (exact) mass is 441 g/mol. The van der Waals surface area contributed by atoms with Gasteiger partial charge in [0.05, 0.1) is 0 Å². The number of anilines is 1. The van der Waals surface area contributed by atoms with Gasteiger partial charge in [-0.05, 0) is 40.4 Å². The highest BCUT2D eigenvalue weighted by molar-refractivity contribution is 9.10. The number of nitrogens with zero attached hydrogens (tertiary/aromatic N) is 4. The maximum atomic E-state index is 13.2. The van der Waals surface area contributed by atoms with E-state index in [-0.39, 0.29) is 24.0 Å². The molecule has 142 valence electrons. The van der Waals surface area contributed by atoms with Gasteiger partial charge in [0.1, 0.15) is 10.4 Å². The number of pyridine rings is 1. The molecule has 3 heterocycles. The van der Waals surface area contributed by atoms with Crippen molar-refractivity contribution in [1.82, 2.24) is 19.6 Å². The number of halogens is 4. The third-order valence-electron chi connectivity index (χ3n) is 4.90. The second kappa shape index (κ2) is 6.45. The zero-order chi connectivity index (χ0) is 19.2. The molecule has 4 rings (SSSR count). The van der Waals surface area contributed by atoms with Crippen molar-refractivity contribution in [2.75, 3.05) is 18.5 Å². The Morgan fingerprint density at radius 2 is 2.15 bits per heavy atom. The molecule has 1 fully saturated rings. The van der Waals surface area contributed by atoms with Crippen molar-refractivity contribution in [2.24, 2.45) is 5.92 Å². The van der Waals surface area contributed by atoms with E-state index < -0.39 is 17.3 Å². The molecule has 3 aromatic heterocycles. The molecule has 3 aromatic rings. The van der Waals surface area contributed by atoms with Gasteiger partial charge in [0, 0.05) is 42.6 Å². The maximum Gasteiger partial charge on any atom is 0.433 e. The predicted octanol–water partition coefficient (Wildman–Crippen LogP) is 3.27. The van der Waals surface area contributed by atoms with Crippen LogP contribution in [0, 0.1) is 5.92 Å². The van der Waals surface area contributed by atoms with E-state index in [1.165, 1.54) is 10.6 Å². The predicted molar refractivity (Wildman–Crippen MR) is 95.3 cm³/mol. The first kappa shape index (κ1) is 18.2. The van der Waals surface area contributed by atoms with Crippen LogP contribution in [-0.2, 0) is 11.6 Å². The molecule has 1 aliphatic rings. The molecule has 0 radical (unpaired) electrons. The highest BCUT2D eigenvalue weighted by Crippen LogP contribution is 2.53. The summed E-state index contributed by atoms with van der Waals surface area (Å²) in [6.45, 7) is 0.314. The summed E-state index contributed by atoms with van der Waals surface area (Å²) in [5, 5.41) is 16.8. The summed E-state index contributed by atoms with van der Waals surface area (Å²) in [6.07, 6.45) is -2.20. The molecule has 2 atom stereocenters. The van der Waals surface area contributed by atoms with E-state index in [2.05, 4.69) is 36.3 Å². The molecule has 0 bridgehead atoms. The average Bonchev–Trinajstić information content (AvgIpc) is 3.24. The molecule has 0 aromatic carbocycles. The van der Waals surface area contributed by atoms with Crippen molar-refractivity contribution in [2.45, 2.75) is 18.0 Å². The minimum atomic E-state index is -4.57. The van der Waals surface area contributed by atoms with Gasteiger partial charge in [-0.3, -0.25) is 4.98 Å². The van der Waals surface area contributed by atoms with Crippen LogP contribution in [0.1, 0.15) is 17.8 Å². The Balaban J connectivity index is 1.69. The molecule has 10 heteroatoms. The summed E-state index contributed by atoms with van der Waals surface area (Å²) in [4.78, 5) is 8.00. The summed E-state index contributed by atoms with van der Waals surface area (Å²) in [5.74, 6) is 0.181. The van der Waals surface area contributed by atoms with Crippen molar-refractivity contribution in [3.05, 3.63) is 52.5 Å². The summed E-state index contributed by atoms with van der Waals surface area (Å²) < 4.78 is 41.3. The van der Waals surface area contributed by atoms with Crippen LogP contribution in [-0.4, -0.2) is 37.8 Å². The molecular formula is C17H15BrF3N5O. The van der Waals surface area contributed by atoms with Crippen LogP contribution < -0.4 is 5.32 Å². The Morgan fingerprint density at radius 1 is 1.33 bits per heavy atom. The quantitative estimate of drug-likeness (QED) is 0.635. The van der Waals surface area contributed by atoms with Gasteiger partial charge in [-0.25, -0.2) is 4.98 Å². The number of aromatic nitrogens is 4. The zero-order valence-corrected chi connectivity index (χ0v) is 15.5. The van der Waals surface area contributed by atoms with Gasteiger partial charge in [-0.15, -0.1) is 0 Å². The van der Waals surface area contributed by atoms with Crippen molar-refractivity contribution < 1.29 is 18.3 Å². The normalized spacial score (nSPS) is 22.2. The fourth-order valence-corrected chi connectivity index (χ4v) is 3.73. The van der Waals surface area contributed by atoms with Crippen molar-refractivity contribution in [3.8, 4) is 0 Å². The zero-order valence-electron chi connectivity index (χ0n) is 13.9. The van der Waals surface area contributed by atoms with E-state index in [0.717, 1.165) is 11.8 Å². The van der Waals surface area contributed by atoms with Crippen molar-refractivity contribution in [3.63, 3.8) is 0 Å². The largest absolute Gasteiger partial charge is 0.433 e. The molecule has 1 aliphatic carbocycles. The molecule has 2 N–H and O–H groups in total. The van der Waals surface area contributed by atoms with Gasteiger partial charge >= 0.3 is 6.18 Å². The lowest BCUT2D eigenvalue weighted by Crippen LogP contribution is -2.25. The Morgan fingerprint density at radius 3 is 2.78 bits per heavy atom. The SMILES string of the molecule is OC[C@H]1C[C@@]1(CNc1cc(C(F)(F)F)nc2cc(Br)nn12)c1ccccn1. The van der Waals surface area contributed by atoms with Gasteiger partial charge in [-0.1, -0.05) is 6.07 Å². The molecule has 1 saturated carbocycles. The molecule has 0 amide bonds. The number of fused-ring (bicyclic) bond motifs is 1. The number of aliphatic hydroxyl groups excluding tert-OH is 1. The maximum absolute atomic E-state index is 13.2. The van der Waals surface area contributed by atoms with Gasteiger partial charge < -0.3 is 10.4 Å². The van der Waals surface area contributed by atoms with Crippen LogP contribution in [0.25, 0.3) is 5.65 Å². The number of hydrogen-bond donors (Lipinski definition) is 2. The van der Waals surface area contributed by atoms with E-state index in [9.17, 15) is 18.3 Å². The fraction of sp³-hybridized carbons (Fsp3) is 0.353. The molecule has 0 unspecified atom stereocenters. The van der Waals surface area contributed by atoms with Gasteiger partial charge in [0.15, 0.2) is 11.3 Å². The van der Waals surface area contributed by atoms with Crippen molar-refractivity contribution >= 4 is 27.4 Å². The van der Waals surface area contributed by atoms with Gasteiger partial charge in [0.25, 0.3) is 0 Å². The molecule has 6 nitrogen and oxygen atoms in total. The van der Waals surface area contributed by atoms with Crippen LogP contribution >= 0.6 is 15.9 Å². The Kier molecular flexibility index (Phi) is 4.34. The molecule has 0 saturated heterocycles. The van der Waals surface area contributed by atoms with E-state index in [0.29, 0.717) is 17.6 Å². The Labute approximate surface area is 160 Å². The third kappa shape index (κ3) is 3.27. The lowest BCUT2D eigenvalue weighted by atomic mass is 9.98. The third-order valence-corrected chi connectivity index (χ3v) is 5.29. The lowest BCUT2D eigenvalue weighted by molar-refractivity contribution is -0.141. The van der Waals surface area contributed by atoms with E-state index >= 15 is 0 Å². The van der Waals surface area contributed by atoms with E-state index in [1.807, 2.05) is 12.1 Å². The second-order valence-corrected chi connectivity index (χ2v) is 7.38. The summed E-state index contributed by atoms with van der Waals surface area (Å²) in [6, 6.07) is 7.88. The fourth-order valence-electron chi connectivity index (χ4n) is 3.36. The van der Waals surface area contributed by atoms with Crippen LogP contribution in [0.5, 0.6) is 0 Å². The van der Waals surface area contributed by atoms with Crippen molar-refractivity contribution in [1.29, 1.82) is 0 Å². The standard InChI is InChI=1S/C17H15BrF3N5O/c18-13-6-15-24-12(17(19,20)21)5-14(26(15)25-13)23-9-16(7-10(16)8-27)11-3-1-2-4-22-11/h1-6,10,23,27H,7-9H2/t10-,16+/m1/s1. The topological polar surface area (TPSA) is 75.3 Å². The number of hydrogen-bond acceptors (Lipinski definition) is 5. The van der Waals surface area contributed by atoms with Gasteiger partial charge in [-0.2, -0.15) is 22.8 Å². The molecule has 27 heavy (non-hydrogen) atoms. The number of alkyl halides is 3. The minimum Gasteiger partial charge on any atom is -0.396 e. The molecule has 0 spiro atoms. The first-order chi connectivity index (χ1) is 12.8. The molecular weight excluding hydrogens is 427 g/mol. The van der Waals surface area contributed by atoms with Crippen LogP contribution in [0.3, 0.4) is 0 Å². The smallest absolute Gasteiger partial charge is 0.396 e. The van der Waals surface area contributed by atoms with Crippen LogP contribution in [0.2, 0.25) is 0 Å². The van der Waals surface area contributed by atoms with Crippen LogP contribution in [0.4, 0.5) is 19.0 Å². The number of aliphatic hydroxyl groups is 1. The lowest BCUT2D eigenvalue weighted by Gasteiger charge is -2.19. The highest BCUT2D eigenvalue weighted by Gasteiger charge is 2.55. The second-order valence-electron chi connectivity index (χ2n) is 6.57. The summed E-state index contributed by atoms with van der Waals surface area (Å²) >= 11 is 3.17. The first-order valence-electron chi connectivity index (χ1n) is 8.23. The number of nitrogens with one attached hydrogen (secondary N) is 1. The number of rotatable bonds is 5. The Hall–Kier alpha value is -2.20. The van der Waals surface area contributed by atoms with Gasteiger partial charge in [0.2, 0.25) is 0 Å². The van der Waals surface area contributed by atoms with E-state index in [1.54, 1.807) is 12.3 Å². The van der Waals surface area contributed by atoms with Crippen LogP contribution in [0.15, 0.2) is 41.1 Å². The summed E-state index contributed by atoms with van der Waals surface area (Å²) in [7, 11) is 0. The Bertz CT molecular complexity index is 978. The molecule has 0 aliphatic heterocycles. The summed E-state index contributed by atoms with van der Waals surface area (Å²) in [5.41, 5.74) is -0.527. The highest BCUT2D eigenvalue weighted by atomic mass is 79.9. The average molecular weight is 442 g/mol.